The van der Waals surface area contributed by atoms with Gasteiger partial charge in [0.1, 0.15) is 0 Å². The summed E-state index contributed by atoms with van der Waals surface area (Å²) in [5, 5.41) is 4.20. The molecule has 0 amide bonds. The van der Waals surface area contributed by atoms with Crippen LogP contribution in [0.2, 0.25) is 0 Å². The maximum atomic E-state index is 4.21. The van der Waals surface area contributed by atoms with Gasteiger partial charge in [-0.2, -0.15) is 5.10 Å². The van der Waals surface area contributed by atoms with Crippen molar-refractivity contribution in [2.45, 2.75) is 0 Å². The van der Waals surface area contributed by atoms with Gasteiger partial charge in [-0.15, -0.1) is 0 Å². The molecule has 0 unspecified atom stereocenters. The van der Waals surface area contributed by atoms with Crippen molar-refractivity contribution in [3.8, 4) is 0 Å². The second-order valence-corrected chi connectivity index (χ2v) is 3.82. The number of hydrogen-bond acceptors (Lipinski definition) is 2. The highest BCUT2D eigenvalue weighted by atomic mass is 79.9. The van der Waals surface area contributed by atoms with E-state index >= 15 is 0 Å². The summed E-state index contributed by atoms with van der Waals surface area (Å²) in [7, 11) is 1.84. The van der Waals surface area contributed by atoms with Crippen LogP contribution in [0.25, 0.3) is 12.2 Å². The van der Waals surface area contributed by atoms with Crippen molar-refractivity contribution in [2.75, 3.05) is 0 Å². The van der Waals surface area contributed by atoms with Crippen LogP contribution < -0.4 is 0 Å². The molecule has 0 spiro atoms. The number of aryl methyl sites for hydroxylation is 1. The molecule has 0 radical (unpaired) electrons. The van der Waals surface area contributed by atoms with Crippen LogP contribution in [0, 0.1) is 0 Å². The minimum Gasteiger partial charge on any atom is -0.243 e. The largest absolute Gasteiger partial charge is 0.243 e. The van der Waals surface area contributed by atoms with Gasteiger partial charge in [0.2, 0.25) is 0 Å². The molecule has 1 aromatic heterocycles. The average Bonchev–Trinajstić information content (AvgIpc) is 2.57. The Bertz CT molecular complexity index is 454. The van der Waals surface area contributed by atoms with Crippen molar-refractivity contribution in [3.63, 3.8) is 0 Å². The summed E-state index contributed by atoms with van der Waals surface area (Å²) < 4.78 is 2.42. The van der Waals surface area contributed by atoms with Crippen molar-refractivity contribution in [1.29, 1.82) is 0 Å². The molecule has 15 heavy (non-hydrogen) atoms. The molecule has 2 aromatic rings. The van der Waals surface area contributed by atoms with Gasteiger partial charge < -0.3 is 0 Å². The van der Waals surface area contributed by atoms with Gasteiger partial charge in [-0.05, 0) is 27.6 Å². The zero-order valence-corrected chi connectivity index (χ0v) is 9.85. The molecule has 0 aliphatic heterocycles. The fraction of sp³-hybridized carbons (Fsp3) is 0.0909. The van der Waals surface area contributed by atoms with Crippen LogP contribution in [0.4, 0.5) is 0 Å². The fourth-order valence-corrected chi connectivity index (χ4v) is 1.45. The standard InChI is InChI=1S/C11H10BrN3/c1-15-11(12)13-10(14-15)8-7-9-5-3-2-4-6-9/h2-8H,1H3. The first-order valence-corrected chi connectivity index (χ1v) is 5.34. The lowest BCUT2D eigenvalue weighted by atomic mass is 10.2. The molecule has 1 aromatic carbocycles. The van der Waals surface area contributed by atoms with E-state index in [4.69, 9.17) is 0 Å². The third-order valence-electron chi connectivity index (χ3n) is 1.95. The summed E-state index contributed by atoms with van der Waals surface area (Å²) in [5.41, 5.74) is 1.14. The third kappa shape index (κ3) is 2.53. The Balaban J connectivity index is 2.19. The maximum absolute atomic E-state index is 4.21. The molecule has 4 heteroatoms. The Morgan fingerprint density at radius 3 is 2.53 bits per heavy atom. The SMILES string of the molecule is Cn1nc(C=Cc2ccccc2)nc1Br. The van der Waals surface area contributed by atoms with Gasteiger partial charge in [-0.25, -0.2) is 9.67 Å². The maximum Gasteiger partial charge on any atom is 0.195 e. The number of aromatic nitrogens is 3. The topological polar surface area (TPSA) is 30.7 Å². The fourth-order valence-electron chi connectivity index (χ4n) is 1.19. The second-order valence-electron chi connectivity index (χ2n) is 3.11. The van der Waals surface area contributed by atoms with Crippen LogP contribution in [-0.4, -0.2) is 14.8 Å². The van der Waals surface area contributed by atoms with E-state index in [1.54, 1.807) is 4.68 Å². The Labute approximate surface area is 96.6 Å². The molecule has 0 N–H and O–H groups in total. The smallest absolute Gasteiger partial charge is 0.195 e. The Hall–Kier alpha value is -1.42. The molecule has 76 valence electrons. The van der Waals surface area contributed by atoms with E-state index in [-0.39, 0.29) is 0 Å². The van der Waals surface area contributed by atoms with E-state index in [0.29, 0.717) is 5.82 Å². The first-order chi connectivity index (χ1) is 7.25. The molecule has 0 bridgehead atoms. The molecule has 0 aliphatic carbocycles. The molecule has 2 rings (SSSR count). The van der Waals surface area contributed by atoms with Gasteiger partial charge in [0, 0.05) is 7.05 Å². The molecule has 0 aliphatic rings. The van der Waals surface area contributed by atoms with Crippen LogP contribution >= 0.6 is 15.9 Å². The van der Waals surface area contributed by atoms with Crippen molar-refractivity contribution < 1.29 is 0 Å². The molecule has 0 saturated heterocycles. The van der Waals surface area contributed by atoms with Gasteiger partial charge in [-0.1, -0.05) is 36.4 Å². The lowest BCUT2D eigenvalue weighted by molar-refractivity contribution is 0.743. The Morgan fingerprint density at radius 1 is 1.20 bits per heavy atom. The normalized spacial score (nSPS) is 11.1. The van der Waals surface area contributed by atoms with Crippen LogP contribution in [0.1, 0.15) is 11.4 Å². The zero-order valence-electron chi connectivity index (χ0n) is 8.26. The molecular weight excluding hydrogens is 254 g/mol. The molecule has 0 saturated carbocycles. The summed E-state index contributed by atoms with van der Waals surface area (Å²) in [4.78, 5) is 4.21. The first kappa shape index (κ1) is 10.1. The van der Waals surface area contributed by atoms with E-state index in [1.165, 1.54) is 0 Å². The summed E-state index contributed by atoms with van der Waals surface area (Å²) in [6, 6.07) is 10.1. The summed E-state index contributed by atoms with van der Waals surface area (Å²) in [6.45, 7) is 0. The van der Waals surface area contributed by atoms with Crippen LogP contribution in [0.5, 0.6) is 0 Å². The lowest BCUT2D eigenvalue weighted by Crippen LogP contribution is -1.89. The van der Waals surface area contributed by atoms with Gasteiger partial charge >= 0.3 is 0 Å². The zero-order chi connectivity index (χ0) is 10.7. The van der Waals surface area contributed by atoms with Gasteiger partial charge in [0.25, 0.3) is 0 Å². The summed E-state index contributed by atoms with van der Waals surface area (Å²) in [5.74, 6) is 0.702. The summed E-state index contributed by atoms with van der Waals surface area (Å²) >= 11 is 3.30. The predicted molar refractivity (Wildman–Crippen MR) is 64.1 cm³/mol. The average molecular weight is 264 g/mol. The first-order valence-electron chi connectivity index (χ1n) is 4.55. The second kappa shape index (κ2) is 4.40. The Morgan fingerprint density at radius 2 is 1.93 bits per heavy atom. The number of hydrogen-bond donors (Lipinski definition) is 0. The van der Waals surface area contributed by atoms with E-state index in [2.05, 4.69) is 26.0 Å². The van der Waals surface area contributed by atoms with E-state index in [0.717, 1.165) is 10.3 Å². The van der Waals surface area contributed by atoms with Crippen molar-refractivity contribution in [2.24, 2.45) is 7.05 Å². The highest BCUT2D eigenvalue weighted by molar-refractivity contribution is 9.10. The van der Waals surface area contributed by atoms with Crippen molar-refractivity contribution in [1.82, 2.24) is 14.8 Å². The van der Waals surface area contributed by atoms with Crippen molar-refractivity contribution >= 4 is 28.1 Å². The Kier molecular flexibility index (Phi) is 2.97. The van der Waals surface area contributed by atoms with Crippen molar-refractivity contribution in [3.05, 3.63) is 46.5 Å². The van der Waals surface area contributed by atoms with E-state index in [9.17, 15) is 0 Å². The highest BCUT2D eigenvalue weighted by Crippen LogP contribution is 2.08. The number of halogens is 1. The minimum atomic E-state index is 0.702. The highest BCUT2D eigenvalue weighted by Gasteiger charge is 1.99. The molecule has 0 atom stereocenters. The van der Waals surface area contributed by atoms with Gasteiger partial charge in [0.05, 0.1) is 0 Å². The lowest BCUT2D eigenvalue weighted by Gasteiger charge is -1.88. The van der Waals surface area contributed by atoms with E-state index in [1.807, 2.05) is 49.5 Å². The van der Waals surface area contributed by atoms with Crippen LogP contribution in [-0.2, 0) is 7.05 Å². The predicted octanol–water partition coefficient (Wildman–Crippen LogP) is 2.75. The third-order valence-corrected chi connectivity index (χ3v) is 2.64. The van der Waals surface area contributed by atoms with Gasteiger partial charge in [0.15, 0.2) is 10.6 Å². The minimum absolute atomic E-state index is 0.702. The van der Waals surface area contributed by atoms with Crippen LogP contribution in [0.15, 0.2) is 35.1 Å². The van der Waals surface area contributed by atoms with Gasteiger partial charge in [-0.3, -0.25) is 0 Å². The monoisotopic (exact) mass is 263 g/mol. The van der Waals surface area contributed by atoms with E-state index < -0.39 is 0 Å². The molecule has 3 nitrogen and oxygen atoms in total. The van der Waals surface area contributed by atoms with Crippen LogP contribution in [0.3, 0.4) is 0 Å². The molecular formula is C11H10BrN3. The number of rotatable bonds is 2. The summed E-state index contributed by atoms with van der Waals surface area (Å²) in [6.07, 6.45) is 3.88. The molecule has 1 heterocycles. The quantitative estimate of drug-likeness (QED) is 0.835. The number of nitrogens with zero attached hydrogens (tertiary/aromatic N) is 3. The molecule has 0 fully saturated rings. The number of benzene rings is 1.